The SMILES string of the molecule is COc1cccc(F)c1-c1nccc(C(=O)Nc2cc(F)c(-c3ccc(=O)n(C)c3)cc2N2C[C@@H]3C[C@H]2CN3)n1. The fourth-order valence-electron chi connectivity index (χ4n) is 5.41. The zero-order valence-corrected chi connectivity index (χ0v) is 21.8. The standard InChI is InChI=1S/C29H26F2N6O3/c1-36-14-16(6-7-26(36)38)19-11-24(37-15-17-10-18(37)13-33-17)23(12-21(19)31)35-29(39)22-8-9-32-28(34-22)27-20(30)4-3-5-25(27)40-2/h3-9,11-12,14,17-18,33H,10,13,15H2,1-2H3,(H,35,39)/t17-,18-/m0/s1. The quantitative estimate of drug-likeness (QED) is 0.383. The van der Waals surface area contributed by atoms with Gasteiger partial charge in [0.1, 0.15) is 23.1 Å². The Balaban J connectivity index is 1.38. The molecule has 2 bridgehead atoms. The minimum absolute atomic E-state index is 0.0121. The van der Waals surface area contributed by atoms with Crippen molar-refractivity contribution in [3.8, 4) is 28.3 Å². The fraction of sp³-hybridized carbons (Fsp3) is 0.241. The number of ether oxygens (including phenoxy) is 1. The van der Waals surface area contributed by atoms with E-state index < -0.39 is 17.5 Å². The van der Waals surface area contributed by atoms with Gasteiger partial charge in [0, 0.05) is 67.9 Å². The number of halogens is 2. The van der Waals surface area contributed by atoms with Crippen LogP contribution in [0.5, 0.6) is 5.75 Å². The Morgan fingerprint density at radius 3 is 2.73 bits per heavy atom. The van der Waals surface area contributed by atoms with E-state index in [1.807, 2.05) is 0 Å². The van der Waals surface area contributed by atoms with Crippen molar-refractivity contribution in [3.05, 3.63) is 88.6 Å². The topological polar surface area (TPSA) is 101 Å². The Morgan fingerprint density at radius 1 is 1.15 bits per heavy atom. The number of benzene rings is 2. The van der Waals surface area contributed by atoms with Gasteiger partial charge in [-0.2, -0.15) is 0 Å². The maximum atomic E-state index is 15.5. The van der Waals surface area contributed by atoms with E-state index in [0.29, 0.717) is 29.4 Å². The molecule has 2 aliphatic heterocycles. The third-order valence-corrected chi connectivity index (χ3v) is 7.40. The van der Waals surface area contributed by atoms with E-state index in [9.17, 15) is 14.0 Å². The number of hydrogen-bond acceptors (Lipinski definition) is 7. The Bertz CT molecular complexity index is 1690. The van der Waals surface area contributed by atoms with Crippen LogP contribution >= 0.6 is 0 Å². The van der Waals surface area contributed by atoms with E-state index in [0.717, 1.165) is 13.0 Å². The van der Waals surface area contributed by atoms with E-state index in [4.69, 9.17) is 4.74 Å². The first kappa shape index (κ1) is 25.6. The molecule has 4 aromatic rings. The smallest absolute Gasteiger partial charge is 0.274 e. The molecule has 2 fully saturated rings. The molecule has 0 unspecified atom stereocenters. The van der Waals surface area contributed by atoms with Gasteiger partial charge >= 0.3 is 0 Å². The van der Waals surface area contributed by atoms with Gasteiger partial charge in [-0.3, -0.25) is 9.59 Å². The van der Waals surface area contributed by atoms with Crippen molar-refractivity contribution in [2.45, 2.75) is 18.5 Å². The molecule has 2 saturated heterocycles. The highest BCUT2D eigenvalue weighted by Crippen LogP contribution is 2.39. The van der Waals surface area contributed by atoms with Crippen LogP contribution in [-0.2, 0) is 7.05 Å². The molecule has 0 radical (unpaired) electrons. The monoisotopic (exact) mass is 544 g/mol. The molecule has 40 heavy (non-hydrogen) atoms. The van der Waals surface area contributed by atoms with Crippen LogP contribution in [0.25, 0.3) is 22.5 Å². The second-order valence-corrected chi connectivity index (χ2v) is 9.90. The van der Waals surface area contributed by atoms with Gasteiger partial charge in [0.2, 0.25) is 5.56 Å². The van der Waals surface area contributed by atoms with Crippen LogP contribution < -0.4 is 25.8 Å². The summed E-state index contributed by atoms with van der Waals surface area (Å²) in [6.07, 6.45) is 3.89. The number of amides is 1. The molecule has 0 aliphatic carbocycles. The Hall–Kier alpha value is -4.64. The van der Waals surface area contributed by atoms with Crippen LogP contribution in [0.3, 0.4) is 0 Å². The zero-order valence-electron chi connectivity index (χ0n) is 21.8. The van der Waals surface area contributed by atoms with Crippen LogP contribution in [0, 0.1) is 11.6 Å². The molecule has 204 valence electrons. The molecule has 9 nitrogen and oxygen atoms in total. The third kappa shape index (κ3) is 4.58. The summed E-state index contributed by atoms with van der Waals surface area (Å²) >= 11 is 0. The van der Waals surface area contributed by atoms with Crippen molar-refractivity contribution in [3.63, 3.8) is 0 Å². The average Bonchev–Trinajstić information content (AvgIpc) is 3.59. The molecular weight excluding hydrogens is 518 g/mol. The normalized spacial score (nSPS) is 17.8. The molecule has 2 aromatic heterocycles. The second-order valence-electron chi connectivity index (χ2n) is 9.90. The summed E-state index contributed by atoms with van der Waals surface area (Å²) in [6, 6.07) is 12.2. The summed E-state index contributed by atoms with van der Waals surface area (Å²) in [7, 11) is 3.02. The minimum Gasteiger partial charge on any atom is -0.496 e. The van der Waals surface area contributed by atoms with Gasteiger partial charge in [0.05, 0.1) is 24.0 Å². The van der Waals surface area contributed by atoms with Crippen LogP contribution in [0.4, 0.5) is 20.2 Å². The average molecular weight is 545 g/mol. The maximum absolute atomic E-state index is 15.5. The number of aromatic nitrogens is 3. The molecular formula is C29H26F2N6O3. The van der Waals surface area contributed by atoms with Gasteiger partial charge < -0.3 is 24.8 Å². The van der Waals surface area contributed by atoms with Crippen molar-refractivity contribution in [2.24, 2.45) is 7.05 Å². The van der Waals surface area contributed by atoms with Crippen LogP contribution in [0.15, 0.2) is 65.7 Å². The van der Waals surface area contributed by atoms with Gasteiger partial charge in [0.25, 0.3) is 5.91 Å². The summed E-state index contributed by atoms with van der Waals surface area (Å²) in [4.78, 5) is 35.9. The Kier molecular flexibility index (Phi) is 6.51. The van der Waals surface area contributed by atoms with E-state index in [1.165, 1.54) is 48.2 Å². The lowest BCUT2D eigenvalue weighted by Crippen LogP contribution is -2.44. The van der Waals surface area contributed by atoms with Gasteiger partial charge in [-0.05, 0) is 36.8 Å². The van der Waals surface area contributed by atoms with E-state index in [2.05, 4.69) is 25.5 Å². The van der Waals surface area contributed by atoms with Gasteiger partial charge in [-0.1, -0.05) is 6.07 Å². The highest BCUT2D eigenvalue weighted by Gasteiger charge is 2.39. The van der Waals surface area contributed by atoms with Crippen molar-refractivity contribution in [1.29, 1.82) is 0 Å². The predicted molar refractivity (Wildman–Crippen MR) is 147 cm³/mol. The molecule has 0 saturated carbocycles. The molecule has 2 aromatic carbocycles. The number of nitrogens with one attached hydrogen (secondary N) is 2. The Morgan fingerprint density at radius 2 is 2.00 bits per heavy atom. The fourth-order valence-corrected chi connectivity index (χ4v) is 5.41. The summed E-state index contributed by atoms with van der Waals surface area (Å²) in [6.45, 7) is 1.49. The van der Waals surface area contributed by atoms with E-state index in [1.54, 1.807) is 31.4 Å². The zero-order chi connectivity index (χ0) is 28.0. The number of carbonyl (C=O) groups excluding carboxylic acids is 1. The Labute approximate surface area is 228 Å². The molecule has 4 heterocycles. The number of carbonyl (C=O) groups is 1. The molecule has 2 N–H and O–H groups in total. The first-order chi connectivity index (χ1) is 19.3. The largest absolute Gasteiger partial charge is 0.496 e. The lowest BCUT2D eigenvalue weighted by Gasteiger charge is -2.32. The summed E-state index contributed by atoms with van der Waals surface area (Å²) in [5.74, 6) is -1.53. The number of aryl methyl sites for hydroxylation is 1. The summed E-state index contributed by atoms with van der Waals surface area (Å²) in [5.41, 5.74) is 1.62. The molecule has 1 amide bonds. The van der Waals surface area contributed by atoms with Gasteiger partial charge in [0.15, 0.2) is 5.82 Å². The molecule has 6 rings (SSSR count). The maximum Gasteiger partial charge on any atom is 0.274 e. The summed E-state index contributed by atoms with van der Waals surface area (Å²) in [5, 5.41) is 6.26. The first-order valence-electron chi connectivity index (χ1n) is 12.8. The van der Waals surface area contributed by atoms with Crippen LogP contribution in [-0.4, -0.2) is 52.7 Å². The summed E-state index contributed by atoms with van der Waals surface area (Å²) < 4.78 is 36.8. The number of pyridine rings is 1. The van der Waals surface area contributed by atoms with E-state index in [-0.39, 0.29) is 40.1 Å². The van der Waals surface area contributed by atoms with E-state index >= 15 is 4.39 Å². The van der Waals surface area contributed by atoms with Gasteiger partial charge in [-0.25, -0.2) is 18.7 Å². The minimum atomic E-state index is -0.600. The third-order valence-electron chi connectivity index (χ3n) is 7.40. The van der Waals surface area contributed by atoms with Gasteiger partial charge in [-0.15, -0.1) is 0 Å². The number of rotatable bonds is 6. The highest BCUT2D eigenvalue weighted by atomic mass is 19.1. The lowest BCUT2D eigenvalue weighted by atomic mass is 10.0. The number of methoxy groups -OCH3 is 1. The van der Waals surface area contributed by atoms with Crippen molar-refractivity contribution >= 4 is 17.3 Å². The van der Waals surface area contributed by atoms with Crippen molar-refractivity contribution in [2.75, 3.05) is 30.4 Å². The number of hydrogen-bond donors (Lipinski definition) is 2. The van der Waals surface area contributed by atoms with Crippen molar-refractivity contribution in [1.82, 2.24) is 19.9 Å². The second kappa shape index (κ2) is 10.2. The number of anilines is 2. The van der Waals surface area contributed by atoms with Crippen molar-refractivity contribution < 1.29 is 18.3 Å². The predicted octanol–water partition coefficient (Wildman–Crippen LogP) is 3.60. The van der Waals surface area contributed by atoms with Crippen LogP contribution in [0.2, 0.25) is 0 Å². The number of fused-ring (bicyclic) bond motifs is 2. The lowest BCUT2D eigenvalue weighted by molar-refractivity contribution is 0.102. The molecule has 0 spiro atoms. The number of nitrogens with zero attached hydrogens (tertiary/aromatic N) is 4. The first-order valence-corrected chi connectivity index (χ1v) is 12.8. The molecule has 11 heteroatoms. The highest BCUT2D eigenvalue weighted by molar-refractivity contribution is 6.05. The molecule has 2 aliphatic rings. The van der Waals surface area contributed by atoms with Crippen LogP contribution in [0.1, 0.15) is 16.9 Å². The molecule has 2 atom stereocenters. The number of piperazine rings is 1.